The first-order valence-corrected chi connectivity index (χ1v) is 9.53. The number of methoxy groups -OCH3 is 1. The summed E-state index contributed by atoms with van der Waals surface area (Å²) in [4.78, 5) is 13.6. The highest BCUT2D eigenvalue weighted by Gasteiger charge is 2.34. The number of hydrogen-bond acceptors (Lipinski definition) is 5. The third-order valence-electron chi connectivity index (χ3n) is 5.32. The summed E-state index contributed by atoms with van der Waals surface area (Å²) in [5.74, 6) is 0.483. The summed E-state index contributed by atoms with van der Waals surface area (Å²) in [6, 6.07) is 21.0. The summed E-state index contributed by atoms with van der Waals surface area (Å²) in [6.07, 6.45) is 0. The number of nitriles is 1. The van der Waals surface area contributed by atoms with Gasteiger partial charge in [0.25, 0.3) is 5.56 Å². The Morgan fingerprint density at radius 3 is 2.50 bits per heavy atom. The highest BCUT2D eigenvalue weighted by molar-refractivity contribution is 5.55. The number of nitrogens with zero attached hydrogens (tertiary/aromatic N) is 2. The summed E-state index contributed by atoms with van der Waals surface area (Å²) >= 11 is 0. The average molecular weight is 399 g/mol. The van der Waals surface area contributed by atoms with E-state index < -0.39 is 5.92 Å². The highest BCUT2D eigenvalue weighted by atomic mass is 16.5. The third kappa shape index (κ3) is 3.31. The molecule has 0 amide bonds. The normalized spacial score (nSPS) is 15.2. The van der Waals surface area contributed by atoms with Crippen LogP contribution in [0.15, 0.2) is 76.9 Å². The Morgan fingerprint density at radius 1 is 1.17 bits per heavy atom. The van der Waals surface area contributed by atoms with Crippen LogP contribution >= 0.6 is 0 Å². The van der Waals surface area contributed by atoms with Crippen molar-refractivity contribution in [2.45, 2.75) is 19.4 Å². The number of pyridine rings is 1. The molecule has 0 fully saturated rings. The van der Waals surface area contributed by atoms with Gasteiger partial charge in [0, 0.05) is 11.8 Å². The predicted octanol–water partition coefficient (Wildman–Crippen LogP) is 3.43. The molecule has 0 unspecified atom stereocenters. The van der Waals surface area contributed by atoms with Crippen molar-refractivity contribution in [3.63, 3.8) is 0 Å². The van der Waals surface area contributed by atoms with E-state index in [1.54, 1.807) is 29.9 Å². The number of ether oxygens (including phenoxy) is 2. The van der Waals surface area contributed by atoms with Gasteiger partial charge in [0.1, 0.15) is 23.1 Å². The lowest BCUT2D eigenvalue weighted by atomic mass is 9.84. The van der Waals surface area contributed by atoms with Gasteiger partial charge >= 0.3 is 0 Å². The SMILES string of the molecule is COc1ccc([C@@H]2C(C#N)=C(N)Oc3cc(C)n(Cc4ccccc4)c(=O)c32)cc1. The van der Waals surface area contributed by atoms with Gasteiger partial charge in [0.2, 0.25) is 5.88 Å². The van der Waals surface area contributed by atoms with Crippen LogP contribution in [0.1, 0.15) is 28.3 Å². The minimum absolute atomic E-state index is 0.0189. The summed E-state index contributed by atoms with van der Waals surface area (Å²) in [7, 11) is 1.59. The van der Waals surface area contributed by atoms with Gasteiger partial charge in [-0.3, -0.25) is 4.79 Å². The highest BCUT2D eigenvalue weighted by Crippen LogP contribution is 2.40. The molecule has 2 aromatic carbocycles. The maximum atomic E-state index is 13.6. The second kappa shape index (κ2) is 7.80. The fourth-order valence-corrected chi connectivity index (χ4v) is 3.78. The van der Waals surface area contributed by atoms with Crippen LogP contribution < -0.4 is 20.8 Å². The van der Waals surface area contributed by atoms with Crippen LogP contribution in [0, 0.1) is 18.3 Å². The molecule has 2 heterocycles. The lowest BCUT2D eigenvalue weighted by Gasteiger charge is -2.27. The number of fused-ring (bicyclic) bond motifs is 1. The van der Waals surface area contributed by atoms with E-state index in [1.165, 1.54) is 0 Å². The van der Waals surface area contributed by atoms with Crippen LogP contribution in [0.4, 0.5) is 0 Å². The van der Waals surface area contributed by atoms with Gasteiger partial charge in [0.05, 0.1) is 25.1 Å². The first-order valence-electron chi connectivity index (χ1n) is 9.53. The molecule has 150 valence electrons. The second-order valence-corrected chi connectivity index (χ2v) is 7.14. The molecule has 4 rings (SSSR count). The molecule has 0 spiro atoms. The topological polar surface area (TPSA) is 90.3 Å². The van der Waals surface area contributed by atoms with E-state index in [2.05, 4.69) is 6.07 Å². The predicted molar refractivity (Wildman–Crippen MR) is 113 cm³/mol. The molecule has 30 heavy (non-hydrogen) atoms. The van der Waals surface area contributed by atoms with Gasteiger partial charge in [-0.05, 0) is 30.2 Å². The van der Waals surface area contributed by atoms with E-state index in [0.717, 1.165) is 16.8 Å². The van der Waals surface area contributed by atoms with Crippen LogP contribution in [0.3, 0.4) is 0 Å². The van der Waals surface area contributed by atoms with Crippen molar-refractivity contribution in [1.29, 1.82) is 5.26 Å². The molecule has 1 aromatic heterocycles. The Kier molecular flexibility index (Phi) is 5.03. The van der Waals surface area contributed by atoms with Crippen LogP contribution in [0.25, 0.3) is 0 Å². The summed E-state index contributed by atoms with van der Waals surface area (Å²) < 4.78 is 12.6. The van der Waals surface area contributed by atoms with Crippen molar-refractivity contribution < 1.29 is 9.47 Å². The fourth-order valence-electron chi connectivity index (χ4n) is 3.78. The van der Waals surface area contributed by atoms with E-state index in [9.17, 15) is 10.1 Å². The molecule has 6 heteroatoms. The van der Waals surface area contributed by atoms with Crippen LogP contribution in [0.2, 0.25) is 0 Å². The van der Waals surface area contributed by atoms with Crippen molar-refractivity contribution in [3.8, 4) is 17.6 Å². The minimum atomic E-state index is -0.611. The van der Waals surface area contributed by atoms with E-state index in [1.807, 2.05) is 49.4 Å². The smallest absolute Gasteiger partial charge is 0.259 e. The number of rotatable bonds is 4. The summed E-state index contributed by atoms with van der Waals surface area (Å²) in [5.41, 5.74) is 9.02. The lowest BCUT2D eigenvalue weighted by molar-refractivity contribution is 0.388. The molecule has 2 N–H and O–H groups in total. The van der Waals surface area contributed by atoms with E-state index >= 15 is 0 Å². The second-order valence-electron chi connectivity index (χ2n) is 7.14. The molecule has 0 bridgehead atoms. The average Bonchev–Trinajstić information content (AvgIpc) is 2.76. The molecular formula is C24H21N3O3. The molecule has 0 saturated carbocycles. The minimum Gasteiger partial charge on any atom is -0.497 e. The fraction of sp³-hybridized carbons (Fsp3) is 0.167. The van der Waals surface area contributed by atoms with E-state index in [0.29, 0.717) is 23.6 Å². The van der Waals surface area contributed by atoms with Crippen LogP contribution in [-0.2, 0) is 6.54 Å². The first kappa shape index (κ1) is 19.3. The Bertz CT molecular complexity index is 1220. The van der Waals surface area contributed by atoms with Crippen molar-refractivity contribution >= 4 is 0 Å². The van der Waals surface area contributed by atoms with Gasteiger partial charge in [-0.2, -0.15) is 5.26 Å². The van der Waals surface area contributed by atoms with Crippen LogP contribution in [0.5, 0.6) is 11.5 Å². The zero-order valence-corrected chi connectivity index (χ0v) is 16.8. The number of nitrogens with two attached hydrogens (primary N) is 1. The van der Waals surface area contributed by atoms with Crippen molar-refractivity contribution in [2.24, 2.45) is 5.73 Å². The Balaban J connectivity index is 1.90. The van der Waals surface area contributed by atoms with E-state index in [4.69, 9.17) is 15.2 Å². The molecule has 0 radical (unpaired) electrons. The van der Waals surface area contributed by atoms with Gasteiger partial charge in [-0.15, -0.1) is 0 Å². The van der Waals surface area contributed by atoms with Crippen molar-refractivity contribution in [1.82, 2.24) is 4.57 Å². The van der Waals surface area contributed by atoms with E-state index in [-0.39, 0.29) is 17.0 Å². The molecule has 0 aliphatic carbocycles. The monoisotopic (exact) mass is 399 g/mol. The van der Waals surface area contributed by atoms with Crippen molar-refractivity contribution in [2.75, 3.05) is 7.11 Å². The molecular weight excluding hydrogens is 378 g/mol. The molecule has 1 atom stereocenters. The molecule has 6 nitrogen and oxygen atoms in total. The zero-order valence-electron chi connectivity index (χ0n) is 16.8. The van der Waals surface area contributed by atoms with Crippen molar-refractivity contribution in [3.05, 3.63) is 105 Å². The lowest BCUT2D eigenvalue weighted by Crippen LogP contribution is -2.33. The number of aryl methyl sites for hydroxylation is 1. The first-order chi connectivity index (χ1) is 14.5. The molecule has 1 aliphatic rings. The number of aromatic nitrogens is 1. The van der Waals surface area contributed by atoms with Gasteiger partial charge < -0.3 is 19.8 Å². The summed E-state index contributed by atoms with van der Waals surface area (Å²) in [6.45, 7) is 2.28. The van der Waals surface area contributed by atoms with Crippen LogP contribution in [-0.4, -0.2) is 11.7 Å². The Labute approximate surface area is 174 Å². The molecule has 0 saturated heterocycles. The Hall–Kier alpha value is -3.98. The summed E-state index contributed by atoms with van der Waals surface area (Å²) in [5, 5.41) is 9.77. The van der Waals surface area contributed by atoms with Gasteiger partial charge in [-0.25, -0.2) is 0 Å². The number of benzene rings is 2. The molecule has 1 aliphatic heterocycles. The quantitative estimate of drug-likeness (QED) is 0.726. The largest absolute Gasteiger partial charge is 0.497 e. The van der Waals surface area contributed by atoms with Gasteiger partial charge in [0.15, 0.2) is 0 Å². The zero-order chi connectivity index (χ0) is 21.3. The number of hydrogen-bond donors (Lipinski definition) is 1. The third-order valence-corrected chi connectivity index (χ3v) is 5.32. The Morgan fingerprint density at radius 2 is 1.87 bits per heavy atom. The standard InChI is InChI=1S/C24H21N3O3/c1-15-12-20-22(24(28)27(15)14-16-6-4-3-5-7-16)21(19(13-25)23(26)30-20)17-8-10-18(29-2)11-9-17/h3-12,21H,14,26H2,1-2H3/t21-/m1/s1. The maximum absolute atomic E-state index is 13.6. The van der Waals surface area contributed by atoms with Gasteiger partial charge in [-0.1, -0.05) is 42.5 Å². The molecule has 3 aromatic rings. The number of allylic oxidation sites excluding steroid dienone is 1. The maximum Gasteiger partial charge on any atom is 0.259 e.